The molecule has 1 fully saturated rings. The highest BCUT2D eigenvalue weighted by Crippen LogP contribution is 2.35. The second-order valence-corrected chi connectivity index (χ2v) is 11.7. The maximum Gasteiger partial charge on any atom is 0.247 e. The molecule has 3 atom stereocenters. The fraction of sp³-hybridized carbons (Fsp3) is 0.682. The standard InChI is InChI=1S/C22H33BrN2O5S/c1-15-12-25(16(2)14-26)31(28,29)21-10-9-18(23)11-19(21)30-20(15)13-24(3)22(27)17-7-5-4-6-8-17/h9-11,15-17,20,26H,4-8,12-14H2,1-3H3/t15-,16+,20-/m1/s1. The Balaban J connectivity index is 1.91. The minimum absolute atomic E-state index is 0.0651. The smallest absolute Gasteiger partial charge is 0.247 e. The maximum atomic E-state index is 13.3. The number of likely N-dealkylation sites (N-methyl/N-ethyl adjacent to an activating group) is 1. The van der Waals surface area contributed by atoms with Gasteiger partial charge in [-0.05, 0) is 38.0 Å². The summed E-state index contributed by atoms with van der Waals surface area (Å²) in [6.45, 7) is 3.93. The average Bonchev–Trinajstić information content (AvgIpc) is 2.75. The molecule has 0 radical (unpaired) electrons. The Morgan fingerprint density at radius 2 is 2.00 bits per heavy atom. The van der Waals surface area contributed by atoms with Gasteiger partial charge in [-0.25, -0.2) is 8.42 Å². The molecule has 1 aromatic carbocycles. The number of sulfonamides is 1. The van der Waals surface area contributed by atoms with Crippen molar-refractivity contribution in [1.29, 1.82) is 0 Å². The number of halogens is 1. The fourth-order valence-electron chi connectivity index (χ4n) is 4.44. The van der Waals surface area contributed by atoms with E-state index < -0.39 is 16.1 Å². The number of benzene rings is 1. The monoisotopic (exact) mass is 516 g/mol. The first-order valence-electron chi connectivity index (χ1n) is 11.0. The van der Waals surface area contributed by atoms with Gasteiger partial charge in [-0.1, -0.05) is 42.1 Å². The van der Waals surface area contributed by atoms with E-state index in [1.54, 1.807) is 31.0 Å². The molecule has 1 aliphatic carbocycles. The van der Waals surface area contributed by atoms with Crippen LogP contribution in [0.25, 0.3) is 0 Å². The summed E-state index contributed by atoms with van der Waals surface area (Å²) in [4.78, 5) is 14.8. The van der Waals surface area contributed by atoms with Crippen LogP contribution in [0.1, 0.15) is 46.0 Å². The lowest BCUT2D eigenvalue weighted by Gasteiger charge is -2.38. The SMILES string of the molecule is C[C@@H]1CN([C@@H](C)CO)S(=O)(=O)c2ccc(Br)cc2O[C@@H]1CN(C)C(=O)C1CCCCC1. The van der Waals surface area contributed by atoms with Crippen LogP contribution in [0.4, 0.5) is 0 Å². The van der Waals surface area contributed by atoms with Gasteiger partial charge in [0.1, 0.15) is 16.7 Å². The van der Waals surface area contributed by atoms with E-state index in [4.69, 9.17) is 4.74 Å². The number of nitrogens with zero attached hydrogens (tertiary/aromatic N) is 2. The van der Waals surface area contributed by atoms with Crippen LogP contribution in [-0.2, 0) is 14.8 Å². The summed E-state index contributed by atoms with van der Waals surface area (Å²) < 4.78 is 35.0. The van der Waals surface area contributed by atoms with E-state index in [9.17, 15) is 18.3 Å². The third kappa shape index (κ3) is 5.43. The lowest BCUT2D eigenvalue weighted by atomic mass is 9.88. The highest BCUT2D eigenvalue weighted by Gasteiger charge is 2.38. The second-order valence-electron chi connectivity index (χ2n) is 8.88. The molecule has 0 saturated heterocycles. The molecule has 0 spiro atoms. The number of rotatable bonds is 5. The van der Waals surface area contributed by atoms with E-state index in [-0.39, 0.29) is 47.6 Å². The third-order valence-corrected chi connectivity index (χ3v) is 8.93. The summed E-state index contributed by atoms with van der Waals surface area (Å²) in [7, 11) is -2.04. The van der Waals surface area contributed by atoms with Gasteiger partial charge in [0.2, 0.25) is 15.9 Å². The molecule has 1 saturated carbocycles. The number of fused-ring (bicyclic) bond motifs is 1. The lowest BCUT2D eigenvalue weighted by molar-refractivity contribution is -0.136. The molecule has 0 aromatic heterocycles. The van der Waals surface area contributed by atoms with Crippen molar-refractivity contribution in [2.24, 2.45) is 11.8 Å². The molecule has 1 amide bonds. The Hall–Kier alpha value is -1.16. The molecular formula is C22H33BrN2O5S. The van der Waals surface area contributed by atoms with Crippen molar-refractivity contribution >= 4 is 31.9 Å². The van der Waals surface area contributed by atoms with Crippen LogP contribution in [0, 0.1) is 11.8 Å². The topological polar surface area (TPSA) is 87.2 Å². The number of hydrogen-bond donors (Lipinski definition) is 1. The van der Waals surface area contributed by atoms with Crippen LogP contribution >= 0.6 is 15.9 Å². The van der Waals surface area contributed by atoms with Gasteiger partial charge in [0, 0.05) is 35.9 Å². The second kappa shape index (κ2) is 10.2. The molecule has 0 unspecified atom stereocenters. The largest absolute Gasteiger partial charge is 0.487 e. The highest BCUT2D eigenvalue weighted by molar-refractivity contribution is 9.10. The number of aliphatic hydroxyl groups excluding tert-OH is 1. The van der Waals surface area contributed by atoms with E-state index in [1.165, 1.54) is 16.8 Å². The van der Waals surface area contributed by atoms with Crippen LogP contribution < -0.4 is 4.74 Å². The third-order valence-electron chi connectivity index (χ3n) is 6.41. The van der Waals surface area contributed by atoms with E-state index in [0.29, 0.717) is 11.0 Å². The van der Waals surface area contributed by atoms with Crippen LogP contribution in [0.15, 0.2) is 27.6 Å². The Kier molecular flexibility index (Phi) is 8.05. The highest BCUT2D eigenvalue weighted by atomic mass is 79.9. The molecule has 0 bridgehead atoms. The number of carbonyl (C=O) groups excluding carboxylic acids is 1. The van der Waals surface area contributed by atoms with Crippen molar-refractivity contribution < 1.29 is 23.1 Å². The Morgan fingerprint density at radius 3 is 2.65 bits per heavy atom. The first-order chi connectivity index (χ1) is 14.6. The van der Waals surface area contributed by atoms with Crippen LogP contribution in [0.2, 0.25) is 0 Å². The maximum absolute atomic E-state index is 13.3. The Labute approximate surface area is 193 Å². The van der Waals surface area contributed by atoms with Crippen LogP contribution in [0.3, 0.4) is 0 Å². The summed E-state index contributed by atoms with van der Waals surface area (Å²) in [5, 5.41) is 9.69. The van der Waals surface area contributed by atoms with Gasteiger partial charge in [-0.3, -0.25) is 4.79 Å². The van der Waals surface area contributed by atoms with Crippen molar-refractivity contribution in [2.75, 3.05) is 26.7 Å². The van der Waals surface area contributed by atoms with E-state index in [0.717, 1.165) is 25.7 Å². The van der Waals surface area contributed by atoms with Crippen molar-refractivity contribution in [1.82, 2.24) is 9.21 Å². The van der Waals surface area contributed by atoms with Gasteiger partial charge in [0.25, 0.3) is 0 Å². The summed E-state index contributed by atoms with van der Waals surface area (Å²) in [6.07, 6.45) is 4.85. The summed E-state index contributed by atoms with van der Waals surface area (Å²) >= 11 is 3.40. The number of ether oxygens (including phenoxy) is 1. The molecule has 1 aromatic rings. The summed E-state index contributed by atoms with van der Waals surface area (Å²) in [5.41, 5.74) is 0. The van der Waals surface area contributed by atoms with Gasteiger partial charge < -0.3 is 14.7 Å². The van der Waals surface area contributed by atoms with Gasteiger partial charge >= 0.3 is 0 Å². The number of aliphatic hydroxyl groups is 1. The zero-order valence-corrected chi connectivity index (χ0v) is 20.9. The van der Waals surface area contributed by atoms with Gasteiger partial charge in [0.05, 0.1) is 13.2 Å². The fourth-order valence-corrected chi connectivity index (χ4v) is 6.60. The van der Waals surface area contributed by atoms with Crippen molar-refractivity contribution in [3.8, 4) is 5.75 Å². The number of hydrogen-bond acceptors (Lipinski definition) is 5. The zero-order chi connectivity index (χ0) is 22.8. The van der Waals surface area contributed by atoms with Crippen LogP contribution in [0.5, 0.6) is 5.75 Å². The molecule has 1 heterocycles. The zero-order valence-electron chi connectivity index (χ0n) is 18.5. The molecule has 31 heavy (non-hydrogen) atoms. The van der Waals surface area contributed by atoms with Crippen molar-refractivity contribution in [2.45, 2.75) is 63.0 Å². The molecule has 1 N–H and O–H groups in total. The van der Waals surface area contributed by atoms with Crippen LogP contribution in [-0.4, -0.2) is 67.5 Å². The molecule has 1 aliphatic heterocycles. The van der Waals surface area contributed by atoms with E-state index in [2.05, 4.69) is 15.9 Å². The van der Waals surface area contributed by atoms with Crippen molar-refractivity contribution in [3.05, 3.63) is 22.7 Å². The normalized spacial score (nSPS) is 25.6. The Morgan fingerprint density at radius 1 is 1.32 bits per heavy atom. The van der Waals surface area contributed by atoms with Crippen molar-refractivity contribution in [3.63, 3.8) is 0 Å². The molecule has 3 rings (SSSR count). The molecule has 7 nitrogen and oxygen atoms in total. The minimum atomic E-state index is -3.84. The average molecular weight is 517 g/mol. The predicted octanol–water partition coefficient (Wildman–Crippen LogP) is 3.26. The molecular weight excluding hydrogens is 484 g/mol. The number of amides is 1. The van der Waals surface area contributed by atoms with Gasteiger partial charge in [-0.2, -0.15) is 4.31 Å². The minimum Gasteiger partial charge on any atom is -0.487 e. The first kappa shape index (κ1) is 24.5. The number of carbonyl (C=O) groups is 1. The summed E-state index contributed by atoms with van der Waals surface area (Å²) in [5.74, 6) is 0.285. The van der Waals surface area contributed by atoms with E-state index in [1.807, 2.05) is 6.92 Å². The molecule has 174 valence electrons. The first-order valence-corrected chi connectivity index (χ1v) is 13.2. The quantitative estimate of drug-likeness (QED) is 0.648. The predicted molar refractivity (Wildman–Crippen MR) is 122 cm³/mol. The molecule has 9 heteroatoms. The van der Waals surface area contributed by atoms with Gasteiger partial charge in [0.15, 0.2) is 0 Å². The molecule has 2 aliphatic rings. The Bertz CT molecular complexity index is 888. The lowest BCUT2D eigenvalue weighted by Crippen LogP contribution is -2.50. The summed E-state index contributed by atoms with van der Waals surface area (Å²) in [6, 6.07) is 4.28. The van der Waals surface area contributed by atoms with E-state index >= 15 is 0 Å². The van der Waals surface area contributed by atoms with Gasteiger partial charge in [-0.15, -0.1) is 0 Å².